The van der Waals surface area contributed by atoms with Crippen LogP contribution in [0, 0.1) is 0 Å². The van der Waals surface area contributed by atoms with Crippen LogP contribution in [0.3, 0.4) is 0 Å². The summed E-state index contributed by atoms with van der Waals surface area (Å²) in [5, 5.41) is 15.3. The van der Waals surface area contributed by atoms with Gasteiger partial charge in [0.1, 0.15) is 4.47 Å². The second-order valence-corrected chi connectivity index (χ2v) is 4.25. The lowest BCUT2D eigenvalue weighted by atomic mass is 10.4. The molecule has 0 aliphatic rings. The summed E-state index contributed by atoms with van der Waals surface area (Å²) in [6.45, 7) is 1.77. The van der Waals surface area contributed by atoms with Gasteiger partial charge in [0.05, 0.1) is 22.9 Å². The van der Waals surface area contributed by atoms with Gasteiger partial charge in [-0.3, -0.25) is 4.79 Å². The van der Waals surface area contributed by atoms with Crippen LogP contribution in [-0.4, -0.2) is 20.7 Å². The van der Waals surface area contributed by atoms with E-state index in [-0.39, 0.29) is 12.1 Å². The van der Waals surface area contributed by atoms with Gasteiger partial charge in [-0.2, -0.15) is 5.10 Å². The Morgan fingerprint density at radius 1 is 1.71 bits per heavy atom. The molecule has 0 fully saturated rings. The average Bonchev–Trinajstić information content (AvgIpc) is 2.19. The van der Waals surface area contributed by atoms with Crippen LogP contribution in [0.5, 0.6) is 0 Å². The highest BCUT2D eigenvalue weighted by Gasteiger charge is 2.06. The molecule has 0 unspecified atom stereocenters. The summed E-state index contributed by atoms with van der Waals surface area (Å²) in [6, 6.07) is 0. The SMILES string of the molecule is C/C(Cn1ncc(Br)c(Br)c1=O)=N\O. The van der Waals surface area contributed by atoms with Crippen LogP contribution in [0.1, 0.15) is 6.92 Å². The van der Waals surface area contributed by atoms with Crippen molar-refractivity contribution in [1.82, 2.24) is 9.78 Å². The van der Waals surface area contributed by atoms with Crippen molar-refractivity contribution in [3.05, 3.63) is 25.5 Å². The molecule has 0 aliphatic carbocycles. The molecule has 14 heavy (non-hydrogen) atoms. The van der Waals surface area contributed by atoms with E-state index in [1.54, 1.807) is 6.92 Å². The molecule has 76 valence electrons. The van der Waals surface area contributed by atoms with Crippen LogP contribution in [0.25, 0.3) is 0 Å². The largest absolute Gasteiger partial charge is 0.411 e. The zero-order valence-electron chi connectivity index (χ0n) is 7.24. The number of oxime groups is 1. The van der Waals surface area contributed by atoms with E-state index in [0.717, 1.165) is 0 Å². The Hall–Kier alpha value is -0.690. The molecule has 0 saturated heterocycles. The third-order valence-electron chi connectivity index (χ3n) is 1.49. The second-order valence-electron chi connectivity index (χ2n) is 2.60. The number of rotatable bonds is 2. The van der Waals surface area contributed by atoms with Gasteiger partial charge in [-0.1, -0.05) is 5.16 Å². The Labute approximate surface area is 96.7 Å². The summed E-state index contributed by atoms with van der Waals surface area (Å²) in [5.41, 5.74) is 0.135. The van der Waals surface area contributed by atoms with Crippen molar-refractivity contribution < 1.29 is 5.21 Å². The van der Waals surface area contributed by atoms with Gasteiger partial charge in [0, 0.05) is 0 Å². The van der Waals surface area contributed by atoms with Crippen molar-refractivity contribution in [2.45, 2.75) is 13.5 Å². The van der Waals surface area contributed by atoms with Crippen molar-refractivity contribution in [2.75, 3.05) is 0 Å². The van der Waals surface area contributed by atoms with E-state index in [0.29, 0.717) is 14.7 Å². The zero-order chi connectivity index (χ0) is 10.7. The highest BCUT2D eigenvalue weighted by molar-refractivity contribution is 9.13. The highest BCUT2D eigenvalue weighted by atomic mass is 79.9. The average molecular weight is 325 g/mol. The number of halogens is 2. The van der Waals surface area contributed by atoms with Crippen LogP contribution in [0.15, 0.2) is 25.1 Å². The summed E-state index contributed by atoms with van der Waals surface area (Å²) in [7, 11) is 0. The number of nitrogens with zero attached hydrogens (tertiary/aromatic N) is 3. The molecule has 7 heteroatoms. The second kappa shape index (κ2) is 4.70. The molecule has 1 aromatic rings. The van der Waals surface area contributed by atoms with E-state index < -0.39 is 0 Å². The Morgan fingerprint density at radius 2 is 2.36 bits per heavy atom. The van der Waals surface area contributed by atoms with E-state index in [4.69, 9.17) is 5.21 Å². The van der Waals surface area contributed by atoms with Gasteiger partial charge in [-0.15, -0.1) is 0 Å². The summed E-state index contributed by atoms with van der Waals surface area (Å²) >= 11 is 6.28. The molecule has 1 rings (SSSR count). The quantitative estimate of drug-likeness (QED) is 0.510. The minimum absolute atomic E-state index is 0.168. The maximum atomic E-state index is 11.5. The van der Waals surface area contributed by atoms with Gasteiger partial charge in [0.25, 0.3) is 5.56 Å². The maximum Gasteiger partial charge on any atom is 0.282 e. The van der Waals surface area contributed by atoms with Crippen molar-refractivity contribution in [3.63, 3.8) is 0 Å². The van der Waals surface area contributed by atoms with Crippen molar-refractivity contribution in [2.24, 2.45) is 5.16 Å². The highest BCUT2D eigenvalue weighted by Crippen LogP contribution is 2.16. The van der Waals surface area contributed by atoms with Crippen molar-refractivity contribution in [1.29, 1.82) is 0 Å². The van der Waals surface area contributed by atoms with E-state index in [1.807, 2.05) is 0 Å². The first kappa shape index (κ1) is 11.4. The molecular weight excluding hydrogens is 318 g/mol. The monoisotopic (exact) mass is 323 g/mol. The molecule has 0 spiro atoms. The molecule has 0 saturated carbocycles. The van der Waals surface area contributed by atoms with Crippen LogP contribution < -0.4 is 5.56 Å². The normalized spacial score (nSPS) is 11.8. The molecule has 0 radical (unpaired) electrons. The zero-order valence-corrected chi connectivity index (χ0v) is 10.4. The van der Waals surface area contributed by atoms with Crippen LogP contribution >= 0.6 is 31.9 Å². The smallest absolute Gasteiger partial charge is 0.282 e. The Morgan fingerprint density at radius 3 is 2.93 bits per heavy atom. The Kier molecular flexibility index (Phi) is 3.82. The van der Waals surface area contributed by atoms with E-state index >= 15 is 0 Å². The first-order valence-electron chi connectivity index (χ1n) is 3.65. The molecule has 1 heterocycles. The Bertz CT molecular complexity index is 427. The summed E-state index contributed by atoms with van der Waals surface area (Å²) < 4.78 is 2.19. The predicted octanol–water partition coefficient (Wildman–Crippen LogP) is 1.62. The number of hydrogen-bond acceptors (Lipinski definition) is 4. The van der Waals surface area contributed by atoms with Gasteiger partial charge in [-0.25, -0.2) is 4.68 Å². The van der Waals surface area contributed by atoms with Gasteiger partial charge in [-0.05, 0) is 38.8 Å². The van der Waals surface area contributed by atoms with E-state index in [1.165, 1.54) is 10.9 Å². The number of aromatic nitrogens is 2. The summed E-state index contributed by atoms with van der Waals surface area (Å²) in [5.74, 6) is 0. The minimum atomic E-state index is -0.276. The van der Waals surface area contributed by atoms with Crippen LogP contribution in [0.4, 0.5) is 0 Å². The van der Waals surface area contributed by atoms with Crippen LogP contribution in [0.2, 0.25) is 0 Å². The fraction of sp³-hybridized carbons (Fsp3) is 0.286. The molecule has 1 aromatic heterocycles. The summed E-state index contributed by atoms with van der Waals surface area (Å²) in [6.07, 6.45) is 1.50. The Balaban J connectivity index is 3.13. The van der Waals surface area contributed by atoms with Gasteiger partial charge in [0.2, 0.25) is 0 Å². The van der Waals surface area contributed by atoms with E-state index in [2.05, 4.69) is 42.1 Å². The van der Waals surface area contributed by atoms with Gasteiger partial charge < -0.3 is 5.21 Å². The first-order chi connectivity index (χ1) is 6.56. The van der Waals surface area contributed by atoms with Crippen molar-refractivity contribution >= 4 is 37.6 Å². The molecule has 0 amide bonds. The molecule has 0 atom stereocenters. The van der Waals surface area contributed by atoms with Gasteiger partial charge in [0.15, 0.2) is 0 Å². The van der Waals surface area contributed by atoms with Crippen molar-refractivity contribution in [3.8, 4) is 0 Å². The van der Waals surface area contributed by atoms with Gasteiger partial charge >= 0.3 is 0 Å². The third kappa shape index (κ3) is 2.42. The first-order valence-corrected chi connectivity index (χ1v) is 5.23. The van der Waals surface area contributed by atoms with E-state index in [9.17, 15) is 4.79 Å². The fourth-order valence-corrected chi connectivity index (χ4v) is 1.37. The topological polar surface area (TPSA) is 67.5 Å². The van der Waals surface area contributed by atoms with Crippen LogP contribution in [-0.2, 0) is 6.54 Å². The molecule has 5 nitrogen and oxygen atoms in total. The lowest BCUT2D eigenvalue weighted by Gasteiger charge is -2.03. The molecule has 0 aromatic carbocycles. The number of hydrogen-bond donors (Lipinski definition) is 1. The minimum Gasteiger partial charge on any atom is -0.411 e. The standard InChI is InChI=1S/C7H7Br2N3O2/c1-4(11-14)3-12-7(13)6(9)5(8)2-10-12/h2,14H,3H2,1H3/b11-4+. The molecule has 0 bridgehead atoms. The maximum absolute atomic E-state index is 11.5. The predicted molar refractivity (Wildman–Crippen MR) is 58.8 cm³/mol. The molecule has 1 N–H and O–H groups in total. The lowest BCUT2D eigenvalue weighted by Crippen LogP contribution is -2.26. The molecule has 0 aliphatic heterocycles. The third-order valence-corrected chi connectivity index (χ3v) is 3.39. The fourth-order valence-electron chi connectivity index (χ4n) is 0.806. The lowest BCUT2D eigenvalue weighted by molar-refractivity contribution is 0.316. The molecular formula is C7H7Br2N3O2. The summed E-state index contributed by atoms with van der Waals surface area (Å²) in [4.78, 5) is 11.5.